The largest absolute Gasteiger partial charge is 0.486 e. The Kier molecular flexibility index (Phi) is 6.85. The van der Waals surface area contributed by atoms with Crippen LogP contribution in [0.3, 0.4) is 0 Å². The molecule has 1 aromatic rings. The normalized spacial score (nSPS) is 12.9. The van der Waals surface area contributed by atoms with Gasteiger partial charge in [0.15, 0.2) is 0 Å². The lowest BCUT2D eigenvalue weighted by molar-refractivity contribution is 0.0774. The molecule has 0 heterocycles. The number of hydrogen-bond donors (Lipinski definition) is 1. The van der Waals surface area contributed by atoms with Crippen molar-refractivity contribution in [2.45, 2.75) is 39.3 Å². The summed E-state index contributed by atoms with van der Waals surface area (Å²) in [6.07, 6.45) is 2.14. The standard InChI is InChI=1S/C17H26FNO2/c1-13(2)12-16(19-10-11-20-5)17(3,4)21-15-8-6-14(18)7-9-15/h6-9,12,16,19H,10-11H2,1-5H3. The summed E-state index contributed by atoms with van der Waals surface area (Å²) in [6.45, 7) is 9.51. The van der Waals surface area contributed by atoms with Crippen LogP contribution in [0, 0.1) is 5.82 Å². The minimum Gasteiger partial charge on any atom is -0.486 e. The highest BCUT2D eigenvalue weighted by Gasteiger charge is 2.29. The maximum atomic E-state index is 13.0. The molecule has 0 aliphatic heterocycles. The molecule has 4 heteroatoms. The summed E-state index contributed by atoms with van der Waals surface area (Å²) < 4.78 is 24.1. The Bertz CT molecular complexity index is 450. The first-order valence-electron chi connectivity index (χ1n) is 7.17. The number of methoxy groups -OCH3 is 1. The molecule has 0 saturated heterocycles. The fourth-order valence-corrected chi connectivity index (χ4v) is 2.03. The molecule has 1 rings (SSSR count). The number of allylic oxidation sites excluding steroid dienone is 1. The number of ether oxygens (including phenoxy) is 2. The van der Waals surface area contributed by atoms with Crippen molar-refractivity contribution in [1.82, 2.24) is 5.32 Å². The van der Waals surface area contributed by atoms with Crippen LogP contribution in [0.1, 0.15) is 27.7 Å². The highest BCUT2D eigenvalue weighted by molar-refractivity contribution is 5.24. The number of halogens is 1. The Balaban J connectivity index is 2.81. The van der Waals surface area contributed by atoms with E-state index in [0.717, 1.165) is 6.54 Å². The van der Waals surface area contributed by atoms with E-state index in [-0.39, 0.29) is 11.9 Å². The van der Waals surface area contributed by atoms with Crippen LogP contribution < -0.4 is 10.1 Å². The molecule has 0 spiro atoms. The molecule has 1 unspecified atom stereocenters. The highest BCUT2D eigenvalue weighted by Crippen LogP contribution is 2.23. The van der Waals surface area contributed by atoms with E-state index in [0.29, 0.717) is 12.4 Å². The highest BCUT2D eigenvalue weighted by atomic mass is 19.1. The SMILES string of the molecule is COCCNC(C=C(C)C)C(C)(C)Oc1ccc(F)cc1. The first-order chi connectivity index (χ1) is 9.85. The monoisotopic (exact) mass is 295 g/mol. The van der Waals surface area contributed by atoms with Gasteiger partial charge in [-0.15, -0.1) is 0 Å². The smallest absolute Gasteiger partial charge is 0.123 e. The van der Waals surface area contributed by atoms with Gasteiger partial charge < -0.3 is 14.8 Å². The second-order valence-corrected chi connectivity index (χ2v) is 5.83. The minimum atomic E-state index is -0.469. The van der Waals surface area contributed by atoms with Crippen LogP contribution in [-0.4, -0.2) is 31.9 Å². The van der Waals surface area contributed by atoms with E-state index < -0.39 is 5.60 Å². The van der Waals surface area contributed by atoms with Gasteiger partial charge in [-0.25, -0.2) is 4.39 Å². The Morgan fingerprint density at radius 2 is 1.90 bits per heavy atom. The molecule has 1 aromatic carbocycles. The van der Waals surface area contributed by atoms with Gasteiger partial charge in [0.05, 0.1) is 12.6 Å². The van der Waals surface area contributed by atoms with Gasteiger partial charge in [0.25, 0.3) is 0 Å². The maximum absolute atomic E-state index is 13.0. The van der Waals surface area contributed by atoms with Gasteiger partial charge in [-0.2, -0.15) is 0 Å². The van der Waals surface area contributed by atoms with Gasteiger partial charge in [-0.3, -0.25) is 0 Å². The van der Waals surface area contributed by atoms with Crippen molar-refractivity contribution in [3.05, 3.63) is 41.7 Å². The molecular weight excluding hydrogens is 269 g/mol. The van der Waals surface area contributed by atoms with Crippen LogP contribution in [0.15, 0.2) is 35.9 Å². The van der Waals surface area contributed by atoms with Crippen LogP contribution in [0.2, 0.25) is 0 Å². The maximum Gasteiger partial charge on any atom is 0.123 e. The predicted octanol–water partition coefficient (Wildman–Crippen LogP) is 3.55. The van der Waals surface area contributed by atoms with Crippen LogP contribution in [0.5, 0.6) is 5.75 Å². The van der Waals surface area contributed by atoms with Gasteiger partial charge in [-0.05, 0) is 52.0 Å². The Hall–Kier alpha value is -1.39. The van der Waals surface area contributed by atoms with Gasteiger partial charge in [-0.1, -0.05) is 11.6 Å². The van der Waals surface area contributed by atoms with Gasteiger partial charge in [0, 0.05) is 13.7 Å². The molecule has 118 valence electrons. The van der Waals surface area contributed by atoms with Crippen molar-refractivity contribution in [3.8, 4) is 5.75 Å². The van der Waals surface area contributed by atoms with Crippen LogP contribution in [-0.2, 0) is 4.74 Å². The lowest BCUT2D eigenvalue weighted by Crippen LogP contribution is -2.50. The molecule has 1 atom stereocenters. The topological polar surface area (TPSA) is 30.5 Å². The molecular formula is C17H26FNO2. The van der Waals surface area contributed by atoms with E-state index in [1.807, 2.05) is 13.8 Å². The van der Waals surface area contributed by atoms with Crippen molar-refractivity contribution < 1.29 is 13.9 Å². The van der Waals surface area contributed by atoms with Crippen molar-refractivity contribution in [2.75, 3.05) is 20.3 Å². The zero-order valence-electron chi connectivity index (χ0n) is 13.6. The first kappa shape index (κ1) is 17.7. The third-order valence-corrected chi connectivity index (χ3v) is 3.11. The fourth-order valence-electron chi connectivity index (χ4n) is 2.03. The summed E-state index contributed by atoms with van der Waals surface area (Å²) in [5.74, 6) is 0.390. The summed E-state index contributed by atoms with van der Waals surface area (Å²) in [7, 11) is 1.68. The molecule has 0 aliphatic carbocycles. The zero-order chi connectivity index (χ0) is 15.9. The Morgan fingerprint density at radius 3 is 2.43 bits per heavy atom. The number of hydrogen-bond acceptors (Lipinski definition) is 3. The van der Waals surface area contributed by atoms with Crippen LogP contribution >= 0.6 is 0 Å². The van der Waals surface area contributed by atoms with Crippen molar-refractivity contribution in [3.63, 3.8) is 0 Å². The fraction of sp³-hybridized carbons (Fsp3) is 0.529. The Labute approximate surface area is 127 Å². The second kappa shape index (κ2) is 8.15. The number of benzene rings is 1. The molecule has 0 bridgehead atoms. The molecule has 0 aliphatic rings. The summed E-state index contributed by atoms with van der Waals surface area (Å²) in [4.78, 5) is 0. The minimum absolute atomic E-state index is 0.0303. The van der Waals surface area contributed by atoms with Crippen LogP contribution in [0.4, 0.5) is 4.39 Å². The predicted molar refractivity (Wildman–Crippen MR) is 84.2 cm³/mol. The third kappa shape index (κ3) is 6.27. The lowest BCUT2D eigenvalue weighted by Gasteiger charge is -2.34. The summed E-state index contributed by atoms with van der Waals surface area (Å²) in [6, 6.07) is 6.12. The third-order valence-electron chi connectivity index (χ3n) is 3.11. The van der Waals surface area contributed by atoms with Gasteiger partial charge in [0.2, 0.25) is 0 Å². The summed E-state index contributed by atoms with van der Waals surface area (Å²) in [5.41, 5.74) is 0.740. The van der Waals surface area contributed by atoms with Crippen molar-refractivity contribution in [2.24, 2.45) is 0 Å². The molecule has 0 saturated carbocycles. The molecule has 21 heavy (non-hydrogen) atoms. The molecule has 0 fully saturated rings. The molecule has 0 radical (unpaired) electrons. The van der Waals surface area contributed by atoms with E-state index in [2.05, 4.69) is 25.2 Å². The molecule has 1 N–H and O–H groups in total. The van der Waals surface area contributed by atoms with Gasteiger partial charge >= 0.3 is 0 Å². The van der Waals surface area contributed by atoms with E-state index in [1.165, 1.54) is 17.7 Å². The van der Waals surface area contributed by atoms with E-state index in [4.69, 9.17) is 9.47 Å². The molecule has 3 nitrogen and oxygen atoms in total. The average Bonchev–Trinajstić information content (AvgIpc) is 2.40. The summed E-state index contributed by atoms with van der Waals surface area (Å²) in [5, 5.41) is 3.42. The van der Waals surface area contributed by atoms with E-state index in [9.17, 15) is 4.39 Å². The number of nitrogens with one attached hydrogen (secondary N) is 1. The quantitative estimate of drug-likeness (QED) is 0.587. The van der Waals surface area contributed by atoms with Crippen molar-refractivity contribution in [1.29, 1.82) is 0 Å². The van der Waals surface area contributed by atoms with Crippen molar-refractivity contribution >= 4 is 0 Å². The lowest BCUT2D eigenvalue weighted by atomic mass is 9.96. The summed E-state index contributed by atoms with van der Waals surface area (Å²) >= 11 is 0. The van der Waals surface area contributed by atoms with E-state index >= 15 is 0 Å². The zero-order valence-corrected chi connectivity index (χ0v) is 13.6. The first-order valence-corrected chi connectivity index (χ1v) is 7.17. The number of rotatable bonds is 8. The second-order valence-electron chi connectivity index (χ2n) is 5.83. The average molecular weight is 295 g/mol. The molecule has 0 amide bonds. The van der Waals surface area contributed by atoms with E-state index in [1.54, 1.807) is 19.2 Å². The van der Waals surface area contributed by atoms with Crippen LogP contribution in [0.25, 0.3) is 0 Å². The molecule has 0 aromatic heterocycles. The van der Waals surface area contributed by atoms with Gasteiger partial charge in [0.1, 0.15) is 17.2 Å². The Morgan fingerprint density at radius 1 is 1.29 bits per heavy atom.